The second-order valence-electron chi connectivity index (χ2n) is 2.94. The molecule has 0 fully saturated rings. The van der Waals surface area contributed by atoms with E-state index in [1.54, 1.807) is 0 Å². The van der Waals surface area contributed by atoms with Crippen molar-refractivity contribution in [3.8, 4) is 5.88 Å². The Labute approximate surface area is 117 Å². The maximum atomic E-state index is 12.0. The molecule has 11 heteroatoms. The lowest BCUT2D eigenvalue weighted by Crippen LogP contribution is -2.19. The highest BCUT2D eigenvalue weighted by molar-refractivity contribution is 14.1. The minimum atomic E-state index is -5.08. The summed E-state index contributed by atoms with van der Waals surface area (Å²) in [6, 6.07) is 0.619. The van der Waals surface area contributed by atoms with Crippen LogP contribution in [-0.2, 0) is 4.74 Å². The van der Waals surface area contributed by atoms with Crippen LogP contribution in [0.4, 0.5) is 19.0 Å². The van der Waals surface area contributed by atoms with Gasteiger partial charge < -0.3 is 19.6 Å². The summed E-state index contributed by atoms with van der Waals surface area (Å²) >= 11 is 1.41. The first kappa shape index (κ1) is 15.4. The molecule has 1 rings (SSSR count). The molecule has 0 saturated carbocycles. The number of aromatic nitrogens is 1. The number of nitrogens with zero attached hydrogens (tertiary/aromatic N) is 2. The third-order valence-corrected chi connectivity index (χ3v) is 2.78. The Balaban J connectivity index is 3.39. The topological polar surface area (TPSA) is 91.6 Å². The number of hydrogen-bond donors (Lipinski definition) is 0. The summed E-state index contributed by atoms with van der Waals surface area (Å²) < 4.78 is 43.6. The molecule has 1 heterocycles. The van der Waals surface area contributed by atoms with Gasteiger partial charge in [0.1, 0.15) is 3.57 Å². The highest BCUT2D eigenvalue weighted by Crippen LogP contribution is 2.29. The molecule has 0 aliphatic rings. The van der Waals surface area contributed by atoms with Crippen LogP contribution in [0.1, 0.15) is 10.4 Å². The van der Waals surface area contributed by atoms with Gasteiger partial charge in [-0.15, -0.1) is 13.2 Å². The van der Waals surface area contributed by atoms with E-state index in [0.717, 1.165) is 7.11 Å². The molecule has 1 aromatic rings. The number of alkyl halides is 3. The first-order chi connectivity index (χ1) is 8.65. The third-order valence-electron chi connectivity index (χ3n) is 1.72. The maximum absolute atomic E-state index is 12.0. The van der Waals surface area contributed by atoms with Crippen LogP contribution in [0, 0.1) is 13.7 Å². The van der Waals surface area contributed by atoms with Gasteiger partial charge in [0.2, 0.25) is 0 Å². The monoisotopic (exact) mass is 392 g/mol. The molecule has 0 N–H and O–H groups in total. The van der Waals surface area contributed by atoms with Gasteiger partial charge in [-0.05, 0) is 27.5 Å². The Morgan fingerprint density at radius 1 is 1.53 bits per heavy atom. The third kappa shape index (κ3) is 3.90. The number of hydrogen-bond acceptors (Lipinski definition) is 6. The molecule has 0 unspecified atom stereocenters. The van der Waals surface area contributed by atoms with Crippen molar-refractivity contribution in [2.45, 2.75) is 6.36 Å². The van der Waals surface area contributed by atoms with Gasteiger partial charge in [0.05, 0.1) is 12.7 Å². The van der Waals surface area contributed by atoms with Crippen LogP contribution in [0.5, 0.6) is 5.88 Å². The van der Waals surface area contributed by atoms with Crippen molar-refractivity contribution in [3.63, 3.8) is 0 Å². The second-order valence-corrected chi connectivity index (χ2v) is 4.02. The number of nitro groups is 1. The number of esters is 1. The van der Waals surface area contributed by atoms with Gasteiger partial charge in [-0.2, -0.15) is 0 Å². The number of halogens is 4. The van der Waals surface area contributed by atoms with Gasteiger partial charge in [-0.1, -0.05) is 0 Å². The summed E-state index contributed by atoms with van der Waals surface area (Å²) in [5, 5.41) is 10.7. The minimum Gasteiger partial charge on any atom is -0.465 e. The van der Waals surface area contributed by atoms with Crippen molar-refractivity contribution in [1.82, 2.24) is 4.98 Å². The average molecular weight is 392 g/mol. The highest BCUT2D eigenvalue weighted by Gasteiger charge is 2.36. The molecular formula is C8H4F3IN2O5. The number of ether oxygens (including phenoxy) is 2. The molecule has 0 bridgehead atoms. The van der Waals surface area contributed by atoms with Crippen LogP contribution in [-0.4, -0.2) is 29.3 Å². The van der Waals surface area contributed by atoms with Gasteiger partial charge in [0, 0.05) is 11.1 Å². The molecule has 0 spiro atoms. The van der Waals surface area contributed by atoms with Crippen molar-refractivity contribution >= 4 is 34.4 Å². The van der Waals surface area contributed by atoms with Crippen LogP contribution in [0.25, 0.3) is 0 Å². The zero-order valence-corrected chi connectivity index (χ0v) is 11.2. The largest absolute Gasteiger partial charge is 0.575 e. The van der Waals surface area contributed by atoms with E-state index in [4.69, 9.17) is 0 Å². The molecule has 104 valence electrons. The average Bonchev–Trinajstić information content (AvgIpc) is 2.27. The fourth-order valence-corrected chi connectivity index (χ4v) is 1.74. The van der Waals surface area contributed by atoms with E-state index in [0.29, 0.717) is 6.07 Å². The van der Waals surface area contributed by atoms with E-state index >= 15 is 0 Å². The predicted octanol–water partition coefficient (Wildman–Crippen LogP) is 2.28. The molecule has 0 radical (unpaired) electrons. The van der Waals surface area contributed by atoms with Gasteiger partial charge in [-0.25, -0.2) is 4.79 Å². The lowest BCUT2D eigenvalue weighted by atomic mass is 10.2. The Morgan fingerprint density at radius 2 is 2.11 bits per heavy atom. The summed E-state index contributed by atoms with van der Waals surface area (Å²) in [5.74, 6) is -3.08. The molecule has 0 aliphatic heterocycles. The first-order valence-corrected chi connectivity index (χ1v) is 5.42. The number of carbonyl (C=O) groups is 1. The van der Waals surface area contributed by atoms with Gasteiger partial charge in [0.25, 0.3) is 0 Å². The highest BCUT2D eigenvalue weighted by atomic mass is 127. The van der Waals surface area contributed by atoms with Gasteiger partial charge >= 0.3 is 24.0 Å². The quantitative estimate of drug-likeness (QED) is 0.339. The van der Waals surface area contributed by atoms with E-state index < -0.39 is 34.5 Å². The normalized spacial score (nSPS) is 11.0. The van der Waals surface area contributed by atoms with E-state index in [-0.39, 0.29) is 3.57 Å². The Morgan fingerprint density at radius 3 is 2.53 bits per heavy atom. The fourth-order valence-electron chi connectivity index (χ4n) is 1.04. The maximum Gasteiger partial charge on any atom is 0.575 e. The van der Waals surface area contributed by atoms with Crippen molar-refractivity contribution in [3.05, 3.63) is 25.3 Å². The van der Waals surface area contributed by atoms with Crippen LogP contribution in [0.2, 0.25) is 0 Å². The fraction of sp³-hybridized carbons (Fsp3) is 0.250. The SMILES string of the molecule is COC(=O)c1cc(OC(F)(F)F)nc([N+](=O)[O-])c1I. The zero-order valence-electron chi connectivity index (χ0n) is 9.02. The first-order valence-electron chi connectivity index (χ1n) is 4.34. The van der Waals surface area contributed by atoms with Gasteiger partial charge in [-0.3, -0.25) is 0 Å². The molecule has 0 amide bonds. The molecular weight excluding hydrogens is 388 g/mol. The molecule has 0 atom stereocenters. The molecule has 19 heavy (non-hydrogen) atoms. The minimum absolute atomic E-state index is 0.246. The molecule has 7 nitrogen and oxygen atoms in total. The van der Waals surface area contributed by atoms with E-state index in [2.05, 4.69) is 14.5 Å². The smallest absolute Gasteiger partial charge is 0.465 e. The number of pyridine rings is 1. The predicted molar refractivity (Wildman–Crippen MR) is 61.6 cm³/mol. The van der Waals surface area contributed by atoms with E-state index in [1.165, 1.54) is 22.6 Å². The van der Waals surface area contributed by atoms with Crippen LogP contribution in [0.15, 0.2) is 6.07 Å². The number of methoxy groups -OCH3 is 1. The molecule has 0 saturated heterocycles. The lowest BCUT2D eigenvalue weighted by molar-refractivity contribution is -0.391. The van der Waals surface area contributed by atoms with Crippen molar-refractivity contribution in [2.24, 2.45) is 0 Å². The Hall–Kier alpha value is -1.66. The number of carbonyl (C=O) groups excluding carboxylic acids is 1. The summed E-state index contributed by atoms with van der Waals surface area (Å²) in [6.07, 6.45) is -5.08. The van der Waals surface area contributed by atoms with Crippen LogP contribution >= 0.6 is 22.6 Å². The van der Waals surface area contributed by atoms with Crippen LogP contribution < -0.4 is 4.74 Å². The Kier molecular flexibility index (Phi) is 4.49. The van der Waals surface area contributed by atoms with Gasteiger partial charge in [0.15, 0.2) is 0 Å². The summed E-state index contributed by atoms with van der Waals surface area (Å²) in [7, 11) is 0.981. The standard InChI is InChI=1S/C8H4F3IN2O5/c1-18-7(15)3-2-4(19-8(9,10)11)13-6(5(3)12)14(16)17/h2H,1H3. The number of rotatable bonds is 3. The second kappa shape index (κ2) is 5.54. The summed E-state index contributed by atoms with van der Waals surface area (Å²) in [4.78, 5) is 24.0. The molecule has 1 aromatic heterocycles. The molecule has 0 aromatic carbocycles. The Bertz CT molecular complexity index is 534. The lowest BCUT2D eigenvalue weighted by Gasteiger charge is -2.07. The van der Waals surface area contributed by atoms with Crippen LogP contribution in [0.3, 0.4) is 0 Å². The zero-order chi connectivity index (χ0) is 14.8. The van der Waals surface area contributed by atoms with Crippen molar-refractivity contribution in [2.75, 3.05) is 7.11 Å². The van der Waals surface area contributed by atoms with Crippen molar-refractivity contribution < 1.29 is 32.4 Å². The molecule has 0 aliphatic carbocycles. The van der Waals surface area contributed by atoms with E-state index in [1.807, 2.05) is 0 Å². The van der Waals surface area contributed by atoms with E-state index in [9.17, 15) is 28.1 Å². The van der Waals surface area contributed by atoms with Crippen molar-refractivity contribution in [1.29, 1.82) is 0 Å². The summed E-state index contributed by atoms with van der Waals surface area (Å²) in [5.41, 5.74) is -0.441. The summed E-state index contributed by atoms with van der Waals surface area (Å²) in [6.45, 7) is 0.